The molecule has 2 aliphatic rings. The summed E-state index contributed by atoms with van der Waals surface area (Å²) in [7, 11) is 0. The molecular weight excluding hydrogens is 302 g/mol. The number of amides is 3. The van der Waals surface area contributed by atoms with Gasteiger partial charge < -0.3 is 5.32 Å². The number of nitrogens with zero attached hydrogens (tertiary/aromatic N) is 1. The predicted molar refractivity (Wildman–Crippen MR) is 79.9 cm³/mol. The molecule has 0 radical (unpaired) electrons. The Labute approximate surface area is 131 Å². The van der Waals surface area contributed by atoms with Crippen molar-refractivity contribution in [3.05, 3.63) is 33.4 Å². The van der Waals surface area contributed by atoms with Crippen LogP contribution < -0.4 is 10.6 Å². The van der Waals surface area contributed by atoms with Crippen LogP contribution >= 0.6 is 0 Å². The molecule has 1 heterocycles. The second-order valence-corrected chi connectivity index (χ2v) is 6.31. The van der Waals surface area contributed by atoms with Crippen LogP contribution in [0.25, 0.3) is 0 Å². The normalized spacial score (nSPS) is 18.9. The quantitative estimate of drug-likeness (QED) is 0.497. The predicted octanol–water partition coefficient (Wildman–Crippen LogP) is 1.49. The summed E-state index contributed by atoms with van der Waals surface area (Å²) in [6, 6.07) is 2.87. The number of anilines is 1. The number of carbonyl (C=O) groups is 3. The third kappa shape index (κ3) is 2.36. The lowest BCUT2D eigenvalue weighted by Crippen LogP contribution is -2.49. The molecule has 0 bridgehead atoms. The van der Waals surface area contributed by atoms with E-state index < -0.39 is 27.8 Å². The SMILES string of the molecule is CC1(C)C(=O)NC(=O)c2c1ccc(NC(=O)C1CC1)c2[N+](=O)[O-]. The number of rotatable bonds is 3. The van der Waals surface area contributed by atoms with Crippen molar-refractivity contribution in [1.82, 2.24) is 5.32 Å². The van der Waals surface area contributed by atoms with Gasteiger partial charge in [0.25, 0.3) is 5.91 Å². The third-order valence-electron chi connectivity index (χ3n) is 4.26. The second kappa shape index (κ2) is 4.87. The maximum Gasteiger partial charge on any atom is 0.305 e. The summed E-state index contributed by atoms with van der Waals surface area (Å²) in [5.74, 6) is -1.75. The van der Waals surface area contributed by atoms with Gasteiger partial charge in [0.15, 0.2) is 0 Å². The number of benzene rings is 1. The molecule has 1 aliphatic heterocycles. The molecule has 8 nitrogen and oxygen atoms in total. The Kier molecular flexibility index (Phi) is 3.20. The summed E-state index contributed by atoms with van der Waals surface area (Å²) in [4.78, 5) is 46.8. The minimum Gasteiger partial charge on any atom is -0.320 e. The largest absolute Gasteiger partial charge is 0.320 e. The Morgan fingerprint density at radius 3 is 2.57 bits per heavy atom. The number of nitro groups is 1. The molecule has 1 fully saturated rings. The van der Waals surface area contributed by atoms with Crippen molar-refractivity contribution in [2.75, 3.05) is 5.32 Å². The fourth-order valence-corrected chi connectivity index (χ4v) is 2.66. The number of hydrogen-bond acceptors (Lipinski definition) is 5. The first-order valence-corrected chi connectivity index (χ1v) is 7.22. The van der Waals surface area contributed by atoms with Gasteiger partial charge in [0.1, 0.15) is 11.3 Å². The molecule has 0 atom stereocenters. The summed E-state index contributed by atoms with van der Waals surface area (Å²) in [5.41, 5.74) is -1.47. The summed E-state index contributed by atoms with van der Waals surface area (Å²) < 4.78 is 0. The molecule has 0 aromatic heterocycles. The number of fused-ring (bicyclic) bond motifs is 1. The van der Waals surface area contributed by atoms with Crippen LogP contribution in [0.5, 0.6) is 0 Å². The molecule has 0 unspecified atom stereocenters. The monoisotopic (exact) mass is 317 g/mol. The molecule has 3 rings (SSSR count). The molecule has 3 amide bonds. The van der Waals surface area contributed by atoms with Crippen LogP contribution in [0, 0.1) is 16.0 Å². The zero-order valence-corrected chi connectivity index (χ0v) is 12.6. The van der Waals surface area contributed by atoms with E-state index in [4.69, 9.17) is 0 Å². The van der Waals surface area contributed by atoms with Crippen molar-refractivity contribution in [2.45, 2.75) is 32.1 Å². The molecule has 8 heteroatoms. The van der Waals surface area contributed by atoms with Crippen LogP contribution in [0.1, 0.15) is 42.6 Å². The number of nitro benzene ring substituents is 1. The van der Waals surface area contributed by atoms with Crippen molar-refractivity contribution in [3.63, 3.8) is 0 Å². The minimum absolute atomic E-state index is 0.0223. The average Bonchev–Trinajstić information content (AvgIpc) is 3.29. The fraction of sp³-hybridized carbons (Fsp3) is 0.400. The van der Waals surface area contributed by atoms with Crippen LogP contribution in [-0.4, -0.2) is 22.6 Å². The van der Waals surface area contributed by atoms with E-state index in [1.807, 2.05) is 0 Å². The van der Waals surface area contributed by atoms with E-state index in [0.29, 0.717) is 0 Å². The van der Waals surface area contributed by atoms with Gasteiger partial charge in [-0.1, -0.05) is 6.07 Å². The van der Waals surface area contributed by atoms with Crippen molar-refractivity contribution < 1.29 is 19.3 Å². The standard InChI is InChI=1S/C15H15N3O5/c1-15(2)8-5-6-9(16-12(19)7-3-4-7)11(18(22)23)10(8)13(20)17-14(15)21/h5-7H,3-4H2,1-2H3,(H,16,19)(H,17,20,21). The van der Waals surface area contributed by atoms with Crippen molar-refractivity contribution in [2.24, 2.45) is 5.92 Å². The number of imide groups is 1. The van der Waals surface area contributed by atoms with Gasteiger partial charge in [0.05, 0.1) is 10.3 Å². The van der Waals surface area contributed by atoms with Crippen LogP contribution in [0.4, 0.5) is 11.4 Å². The topological polar surface area (TPSA) is 118 Å². The van der Waals surface area contributed by atoms with E-state index in [0.717, 1.165) is 12.8 Å². The van der Waals surface area contributed by atoms with Crippen LogP contribution in [-0.2, 0) is 15.0 Å². The maximum atomic E-state index is 12.1. The van der Waals surface area contributed by atoms with Crippen LogP contribution in [0.2, 0.25) is 0 Å². The Morgan fingerprint density at radius 2 is 2.00 bits per heavy atom. The van der Waals surface area contributed by atoms with Crippen molar-refractivity contribution in [3.8, 4) is 0 Å². The summed E-state index contributed by atoms with van der Waals surface area (Å²) in [6.07, 6.45) is 1.51. The van der Waals surface area contributed by atoms with Gasteiger partial charge in [-0.25, -0.2) is 0 Å². The van der Waals surface area contributed by atoms with E-state index in [2.05, 4.69) is 10.6 Å². The van der Waals surface area contributed by atoms with Crippen molar-refractivity contribution >= 4 is 29.1 Å². The highest BCUT2D eigenvalue weighted by molar-refractivity contribution is 6.16. The molecule has 23 heavy (non-hydrogen) atoms. The zero-order valence-electron chi connectivity index (χ0n) is 12.6. The van der Waals surface area contributed by atoms with Gasteiger partial charge in [-0.05, 0) is 38.3 Å². The van der Waals surface area contributed by atoms with Gasteiger partial charge in [0, 0.05) is 5.92 Å². The first-order valence-electron chi connectivity index (χ1n) is 7.22. The Bertz CT molecular complexity index is 765. The van der Waals surface area contributed by atoms with Gasteiger partial charge in [0.2, 0.25) is 11.8 Å². The molecular formula is C15H15N3O5. The Balaban J connectivity index is 2.16. The van der Waals surface area contributed by atoms with E-state index in [9.17, 15) is 24.5 Å². The smallest absolute Gasteiger partial charge is 0.305 e. The zero-order chi connectivity index (χ0) is 16.9. The van der Waals surface area contributed by atoms with Gasteiger partial charge in [-0.15, -0.1) is 0 Å². The van der Waals surface area contributed by atoms with E-state index in [1.165, 1.54) is 12.1 Å². The van der Waals surface area contributed by atoms with Crippen LogP contribution in [0.15, 0.2) is 12.1 Å². The maximum absolute atomic E-state index is 12.1. The lowest BCUT2D eigenvalue weighted by Gasteiger charge is -2.30. The number of carbonyl (C=O) groups excluding carboxylic acids is 3. The van der Waals surface area contributed by atoms with Gasteiger partial charge >= 0.3 is 5.69 Å². The molecule has 120 valence electrons. The molecule has 1 aromatic carbocycles. The van der Waals surface area contributed by atoms with E-state index in [1.54, 1.807) is 13.8 Å². The van der Waals surface area contributed by atoms with Crippen molar-refractivity contribution in [1.29, 1.82) is 0 Å². The molecule has 1 aromatic rings. The summed E-state index contributed by atoms with van der Waals surface area (Å²) in [5, 5.41) is 16.1. The lowest BCUT2D eigenvalue weighted by atomic mass is 9.77. The van der Waals surface area contributed by atoms with E-state index >= 15 is 0 Å². The summed E-state index contributed by atoms with van der Waals surface area (Å²) >= 11 is 0. The molecule has 2 N–H and O–H groups in total. The average molecular weight is 317 g/mol. The highest BCUT2D eigenvalue weighted by Crippen LogP contribution is 2.40. The Hall–Kier alpha value is -2.77. The fourth-order valence-electron chi connectivity index (χ4n) is 2.66. The number of hydrogen-bond donors (Lipinski definition) is 2. The minimum atomic E-state index is -1.08. The molecule has 1 saturated carbocycles. The van der Waals surface area contributed by atoms with Gasteiger partial charge in [-0.3, -0.25) is 29.8 Å². The van der Waals surface area contributed by atoms with E-state index in [-0.39, 0.29) is 28.6 Å². The first kappa shape index (κ1) is 15.1. The molecule has 1 aliphatic carbocycles. The highest BCUT2D eigenvalue weighted by Gasteiger charge is 2.44. The lowest BCUT2D eigenvalue weighted by molar-refractivity contribution is -0.384. The summed E-state index contributed by atoms with van der Waals surface area (Å²) in [6.45, 7) is 3.17. The van der Waals surface area contributed by atoms with Gasteiger partial charge in [-0.2, -0.15) is 0 Å². The Morgan fingerprint density at radius 1 is 1.35 bits per heavy atom. The molecule has 0 spiro atoms. The second-order valence-electron chi connectivity index (χ2n) is 6.31. The number of nitrogens with one attached hydrogen (secondary N) is 2. The highest BCUT2D eigenvalue weighted by atomic mass is 16.6. The third-order valence-corrected chi connectivity index (χ3v) is 4.26. The first-order chi connectivity index (χ1) is 10.7. The molecule has 0 saturated heterocycles. The van der Waals surface area contributed by atoms with Crippen LogP contribution in [0.3, 0.4) is 0 Å².